The number of pyridine rings is 1. The number of amides is 1. The number of aromatic nitrogens is 3. The molecule has 0 aliphatic carbocycles. The minimum absolute atomic E-state index is 0.126. The third kappa shape index (κ3) is 4.29. The number of hydrogen-bond donors (Lipinski definition) is 1. The monoisotopic (exact) mass is 394 g/mol. The van der Waals surface area contributed by atoms with Crippen molar-refractivity contribution in [3.05, 3.63) is 53.1 Å². The lowest BCUT2D eigenvalue weighted by Crippen LogP contribution is -2.28. The van der Waals surface area contributed by atoms with E-state index in [-0.39, 0.29) is 24.8 Å². The normalized spacial score (nSPS) is 10.9. The lowest BCUT2D eigenvalue weighted by Gasteiger charge is -2.15. The van der Waals surface area contributed by atoms with Gasteiger partial charge in [-0.3, -0.25) is 14.6 Å². The van der Waals surface area contributed by atoms with Crippen LogP contribution in [0.3, 0.4) is 0 Å². The second-order valence-corrected chi connectivity index (χ2v) is 6.87. The van der Waals surface area contributed by atoms with Gasteiger partial charge in [0.25, 0.3) is 5.91 Å². The van der Waals surface area contributed by atoms with Crippen LogP contribution in [0.25, 0.3) is 16.6 Å². The minimum Gasteiger partial charge on any atom is -0.466 e. The highest BCUT2D eigenvalue weighted by Gasteiger charge is 2.22. The van der Waals surface area contributed by atoms with Crippen LogP contribution in [0.4, 0.5) is 0 Å². The lowest BCUT2D eigenvalue weighted by atomic mass is 9.98. The highest BCUT2D eigenvalue weighted by atomic mass is 16.5. The molecular weight excluding hydrogens is 368 g/mol. The molecule has 0 unspecified atom stereocenters. The summed E-state index contributed by atoms with van der Waals surface area (Å²) in [4.78, 5) is 28.9. The molecular formula is C22H26N4O3. The molecule has 0 saturated heterocycles. The van der Waals surface area contributed by atoms with Crippen molar-refractivity contribution in [2.24, 2.45) is 0 Å². The molecule has 7 nitrogen and oxygen atoms in total. The Hall–Kier alpha value is -3.22. The molecule has 1 amide bonds. The first kappa shape index (κ1) is 20.5. The molecule has 0 bridgehead atoms. The van der Waals surface area contributed by atoms with Crippen molar-refractivity contribution in [3.63, 3.8) is 0 Å². The lowest BCUT2D eigenvalue weighted by molar-refractivity contribution is -0.142. The van der Waals surface area contributed by atoms with Crippen molar-refractivity contribution in [2.45, 2.75) is 40.5 Å². The first-order chi connectivity index (χ1) is 14.0. The second-order valence-electron chi connectivity index (χ2n) is 6.87. The molecule has 0 spiro atoms. The van der Waals surface area contributed by atoms with Gasteiger partial charge in [0, 0.05) is 35.8 Å². The van der Waals surface area contributed by atoms with Gasteiger partial charge in [-0.15, -0.1) is 0 Å². The van der Waals surface area contributed by atoms with Crippen LogP contribution in [0.2, 0.25) is 0 Å². The quantitative estimate of drug-likeness (QED) is 0.622. The van der Waals surface area contributed by atoms with Crippen LogP contribution < -0.4 is 5.32 Å². The van der Waals surface area contributed by atoms with E-state index in [0.717, 1.165) is 34.3 Å². The van der Waals surface area contributed by atoms with Gasteiger partial charge in [0.05, 0.1) is 29.8 Å². The number of aryl methyl sites for hydroxylation is 3. The fourth-order valence-corrected chi connectivity index (χ4v) is 3.42. The van der Waals surface area contributed by atoms with Crippen LogP contribution in [0.5, 0.6) is 0 Å². The van der Waals surface area contributed by atoms with Crippen molar-refractivity contribution in [1.29, 1.82) is 0 Å². The molecule has 1 N–H and O–H groups in total. The standard InChI is InChI=1S/C22H26N4O3/c1-5-17-7-8-18-21(16-11-14(3)12-23-13-16)20(15(4)25-26(17)18)22(28)24-10-9-19(27)29-6-2/h7-8,11-13H,5-6,9-10H2,1-4H3,(H,24,28). The maximum Gasteiger partial charge on any atom is 0.307 e. The predicted molar refractivity (Wildman–Crippen MR) is 111 cm³/mol. The maximum absolute atomic E-state index is 13.1. The molecule has 3 aromatic rings. The zero-order valence-corrected chi connectivity index (χ0v) is 17.3. The summed E-state index contributed by atoms with van der Waals surface area (Å²) in [6.07, 6.45) is 4.50. The van der Waals surface area contributed by atoms with Crippen LogP contribution in [0, 0.1) is 13.8 Å². The summed E-state index contributed by atoms with van der Waals surface area (Å²) in [5, 5.41) is 7.48. The fraction of sp³-hybridized carbons (Fsp3) is 0.364. The molecule has 0 aliphatic heterocycles. The zero-order chi connectivity index (χ0) is 21.0. The number of nitrogens with one attached hydrogen (secondary N) is 1. The van der Waals surface area contributed by atoms with Gasteiger partial charge in [0.15, 0.2) is 0 Å². The Morgan fingerprint density at radius 1 is 1.17 bits per heavy atom. The summed E-state index contributed by atoms with van der Waals surface area (Å²) >= 11 is 0. The van der Waals surface area contributed by atoms with E-state index in [9.17, 15) is 9.59 Å². The Morgan fingerprint density at radius 2 is 1.97 bits per heavy atom. The van der Waals surface area contributed by atoms with Crippen LogP contribution in [-0.4, -0.2) is 39.6 Å². The summed E-state index contributed by atoms with van der Waals surface area (Å²) in [6.45, 7) is 8.15. The van der Waals surface area contributed by atoms with Gasteiger partial charge < -0.3 is 10.1 Å². The van der Waals surface area contributed by atoms with Crippen LogP contribution >= 0.6 is 0 Å². The molecule has 0 aliphatic rings. The third-order valence-corrected chi connectivity index (χ3v) is 4.72. The summed E-state index contributed by atoms with van der Waals surface area (Å²) < 4.78 is 6.81. The molecule has 0 saturated carbocycles. The van der Waals surface area contributed by atoms with E-state index in [4.69, 9.17) is 4.74 Å². The number of ether oxygens (including phenoxy) is 1. The topological polar surface area (TPSA) is 85.6 Å². The van der Waals surface area contributed by atoms with Gasteiger partial charge >= 0.3 is 5.97 Å². The van der Waals surface area contributed by atoms with Crippen LogP contribution in [0.15, 0.2) is 30.6 Å². The molecule has 0 aromatic carbocycles. The first-order valence-electron chi connectivity index (χ1n) is 9.83. The summed E-state index contributed by atoms with van der Waals surface area (Å²) in [5.74, 6) is -0.599. The van der Waals surface area contributed by atoms with Crippen molar-refractivity contribution < 1.29 is 14.3 Å². The van der Waals surface area contributed by atoms with Crippen molar-refractivity contribution >= 4 is 17.4 Å². The van der Waals surface area contributed by atoms with E-state index in [2.05, 4.69) is 22.3 Å². The van der Waals surface area contributed by atoms with E-state index in [0.29, 0.717) is 17.9 Å². The largest absolute Gasteiger partial charge is 0.466 e. The molecule has 3 rings (SSSR count). The first-order valence-corrected chi connectivity index (χ1v) is 9.83. The Labute approximate surface area is 170 Å². The van der Waals surface area contributed by atoms with Gasteiger partial charge in [0.2, 0.25) is 0 Å². The van der Waals surface area contributed by atoms with Crippen molar-refractivity contribution in [3.8, 4) is 11.1 Å². The van der Waals surface area contributed by atoms with Crippen LogP contribution in [-0.2, 0) is 16.0 Å². The van der Waals surface area contributed by atoms with Gasteiger partial charge in [-0.2, -0.15) is 5.10 Å². The maximum atomic E-state index is 13.1. The fourth-order valence-electron chi connectivity index (χ4n) is 3.42. The Balaban J connectivity index is 2.06. The van der Waals surface area contributed by atoms with E-state index in [1.54, 1.807) is 19.3 Å². The van der Waals surface area contributed by atoms with E-state index in [1.165, 1.54) is 0 Å². The van der Waals surface area contributed by atoms with E-state index >= 15 is 0 Å². The SMILES string of the molecule is CCOC(=O)CCNC(=O)c1c(C)nn2c(CC)ccc2c1-c1cncc(C)c1. The highest BCUT2D eigenvalue weighted by Crippen LogP contribution is 2.31. The molecule has 152 valence electrons. The molecule has 3 aromatic heterocycles. The van der Waals surface area contributed by atoms with Crippen molar-refractivity contribution in [2.75, 3.05) is 13.2 Å². The molecule has 0 fully saturated rings. The van der Waals surface area contributed by atoms with Gasteiger partial charge in [-0.25, -0.2) is 4.52 Å². The van der Waals surface area contributed by atoms with Crippen molar-refractivity contribution in [1.82, 2.24) is 19.9 Å². The Bertz CT molecular complexity index is 1060. The Morgan fingerprint density at radius 3 is 2.66 bits per heavy atom. The number of hydrogen-bond acceptors (Lipinski definition) is 5. The molecule has 7 heteroatoms. The molecule has 29 heavy (non-hydrogen) atoms. The number of nitrogens with zero attached hydrogens (tertiary/aromatic N) is 3. The van der Waals surface area contributed by atoms with Gasteiger partial charge in [-0.1, -0.05) is 6.92 Å². The zero-order valence-electron chi connectivity index (χ0n) is 17.3. The summed E-state index contributed by atoms with van der Waals surface area (Å²) in [7, 11) is 0. The number of carbonyl (C=O) groups is 2. The molecule has 0 atom stereocenters. The highest BCUT2D eigenvalue weighted by molar-refractivity contribution is 6.05. The Kier molecular flexibility index (Phi) is 6.26. The number of esters is 1. The van der Waals surface area contributed by atoms with Gasteiger partial charge in [0.1, 0.15) is 0 Å². The average molecular weight is 394 g/mol. The number of rotatable bonds is 7. The van der Waals surface area contributed by atoms with Gasteiger partial charge in [-0.05, 0) is 51.0 Å². The van der Waals surface area contributed by atoms with E-state index < -0.39 is 0 Å². The predicted octanol–water partition coefficient (Wildman–Crippen LogP) is 3.26. The summed E-state index contributed by atoms with van der Waals surface area (Å²) in [6, 6.07) is 6.02. The number of fused-ring (bicyclic) bond motifs is 1. The smallest absolute Gasteiger partial charge is 0.307 e. The minimum atomic E-state index is -0.333. The van der Waals surface area contributed by atoms with Crippen LogP contribution in [0.1, 0.15) is 47.6 Å². The molecule has 0 radical (unpaired) electrons. The third-order valence-electron chi connectivity index (χ3n) is 4.72. The number of carbonyl (C=O) groups excluding carboxylic acids is 2. The second kappa shape index (κ2) is 8.86. The molecule has 3 heterocycles. The van der Waals surface area contributed by atoms with E-state index in [1.807, 2.05) is 36.6 Å². The summed E-state index contributed by atoms with van der Waals surface area (Å²) in [5.41, 5.74) is 5.70. The average Bonchev–Trinajstić information content (AvgIpc) is 3.09.